The Bertz CT molecular complexity index is 751. The van der Waals surface area contributed by atoms with Gasteiger partial charge in [-0.1, -0.05) is 0 Å². The Morgan fingerprint density at radius 2 is 2.03 bits per heavy atom. The second-order valence-corrected chi connectivity index (χ2v) is 9.82. The molecule has 1 aromatic rings. The van der Waals surface area contributed by atoms with Gasteiger partial charge < -0.3 is 15.0 Å². The predicted molar refractivity (Wildman–Crippen MR) is 117 cm³/mol. The lowest BCUT2D eigenvalue weighted by atomic mass is 9.67. The van der Waals surface area contributed by atoms with Crippen molar-refractivity contribution in [1.29, 1.82) is 0 Å². The maximum atomic E-state index is 13.1. The summed E-state index contributed by atoms with van der Waals surface area (Å²) in [6.45, 7) is 10.3. The molecule has 3 heterocycles. The van der Waals surface area contributed by atoms with Gasteiger partial charge in [0.2, 0.25) is 5.91 Å². The minimum atomic E-state index is -0.103. The Labute approximate surface area is 181 Å². The maximum Gasteiger partial charge on any atom is 0.229 e. The van der Waals surface area contributed by atoms with Crippen LogP contribution in [-0.2, 0) is 29.2 Å². The Balaban J connectivity index is 1.51. The van der Waals surface area contributed by atoms with E-state index < -0.39 is 0 Å². The van der Waals surface area contributed by atoms with E-state index in [1.165, 1.54) is 17.0 Å². The lowest BCUT2D eigenvalue weighted by molar-refractivity contribution is -0.139. The first-order valence-corrected chi connectivity index (χ1v) is 11.8. The SMILES string of the molecule is CNCCN(C)Cc1nn2c(c1C1CCC3(CC1)CCN(C(C)C)C3=O)COCC2. The van der Waals surface area contributed by atoms with E-state index in [2.05, 4.69) is 40.7 Å². The lowest BCUT2D eigenvalue weighted by Crippen LogP contribution is -2.40. The van der Waals surface area contributed by atoms with Gasteiger partial charge in [0.1, 0.15) is 0 Å². The van der Waals surface area contributed by atoms with Crippen molar-refractivity contribution in [2.45, 2.75) is 77.6 Å². The fraction of sp³-hybridized carbons (Fsp3) is 0.826. The average molecular weight is 418 g/mol. The van der Waals surface area contributed by atoms with Crippen molar-refractivity contribution in [3.8, 4) is 0 Å². The Morgan fingerprint density at radius 3 is 2.70 bits per heavy atom. The summed E-state index contributed by atoms with van der Waals surface area (Å²) < 4.78 is 8.00. The highest BCUT2D eigenvalue weighted by molar-refractivity contribution is 5.85. The molecule has 1 saturated carbocycles. The third kappa shape index (κ3) is 4.04. The molecular formula is C23H39N5O2. The van der Waals surface area contributed by atoms with Gasteiger partial charge in [0.25, 0.3) is 0 Å². The molecule has 0 aromatic carbocycles. The molecule has 1 saturated heterocycles. The van der Waals surface area contributed by atoms with Gasteiger partial charge >= 0.3 is 0 Å². The molecule has 2 fully saturated rings. The van der Waals surface area contributed by atoms with E-state index in [9.17, 15) is 4.79 Å². The highest BCUT2D eigenvalue weighted by Gasteiger charge is 2.49. The molecule has 1 amide bonds. The summed E-state index contributed by atoms with van der Waals surface area (Å²) in [7, 11) is 4.16. The van der Waals surface area contributed by atoms with E-state index >= 15 is 0 Å². The number of fused-ring (bicyclic) bond motifs is 1. The van der Waals surface area contributed by atoms with Crippen LogP contribution >= 0.6 is 0 Å². The van der Waals surface area contributed by atoms with E-state index in [0.29, 0.717) is 24.5 Å². The minimum Gasteiger partial charge on any atom is -0.373 e. The largest absolute Gasteiger partial charge is 0.373 e. The van der Waals surface area contributed by atoms with Gasteiger partial charge in [-0.25, -0.2) is 0 Å². The number of aromatic nitrogens is 2. The summed E-state index contributed by atoms with van der Waals surface area (Å²) >= 11 is 0. The molecule has 0 bridgehead atoms. The number of hydrogen-bond acceptors (Lipinski definition) is 5. The molecule has 1 aromatic heterocycles. The van der Waals surface area contributed by atoms with Crippen molar-refractivity contribution in [3.63, 3.8) is 0 Å². The zero-order valence-corrected chi connectivity index (χ0v) is 19.2. The normalized spacial score (nSPS) is 26.9. The van der Waals surface area contributed by atoms with Gasteiger partial charge in [-0.3, -0.25) is 14.4 Å². The van der Waals surface area contributed by atoms with Crippen LogP contribution in [0.2, 0.25) is 0 Å². The fourth-order valence-corrected chi connectivity index (χ4v) is 5.71. The molecule has 1 N–H and O–H groups in total. The molecule has 1 spiro atoms. The number of nitrogens with zero attached hydrogens (tertiary/aromatic N) is 4. The molecular weight excluding hydrogens is 378 g/mol. The van der Waals surface area contributed by atoms with Crippen LogP contribution in [0, 0.1) is 5.41 Å². The molecule has 3 aliphatic rings. The maximum absolute atomic E-state index is 13.1. The van der Waals surface area contributed by atoms with Crippen LogP contribution < -0.4 is 5.32 Å². The summed E-state index contributed by atoms with van der Waals surface area (Å²) in [5.74, 6) is 0.901. The van der Waals surface area contributed by atoms with Crippen molar-refractivity contribution >= 4 is 5.91 Å². The molecule has 0 atom stereocenters. The number of amides is 1. The van der Waals surface area contributed by atoms with Crippen molar-refractivity contribution < 1.29 is 9.53 Å². The lowest BCUT2D eigenvalue weighted by Gasteiger charge is -2.37. The highest BCUT2D eigenvalue weighted by atomic mass is 16.5. The quantitative estimate of drug-likeness (QED) is 0.738. The van der Waals surface area contributed by atoms with Crippen LogP contribution in [0.25, 0.3) is 0 Å². The van der Waals surface area contributed by atoms with Crippen molar-refractivity contribution in [2.75, 3.05) is 40.3 Å². The number of carbonyl (C=O) groups is 1. The summed E-state index contributed by atoms with van der Waals surface area (Å²) in [6.07, 6.45) is 5.24. The summed E-state index contributed by atoms with van der Waals surface area (Å²) in [5.41, 5.74) is 3.82. The predicted octanol–water partition coefficient (Wildman–Crippen LogP) is 2.35. The number of likely N-dealkylation sites (N-methyl/N-ethyl adjacent to an activating group) is 2. The van der Waals surface area contributed by atoms with Gasteiger partial charge in [0.05, 0.1) is 36.6 Å². The third-order valence-corrected chi connectivity index (χ3v) is 7.54. The van der Waals surface area contributed by atoms with Crippen LogP contribution in [-0.4, -0.2) is 71.9 Å². The monoisotopic (exact) mass is 417 g/mol. The number of ether oxygens (including phenoxy) is 1. The van der Waals surface area contributed by atoms with Crippen LogP contribution in [0.4, 0.5) is 0 Å². The van der Waals surface area contributed by atoms with Crippen molar-refractivity contribution in [3.05, 3.63) is 17.0 Å². The fourth-order valence-electron chi connectivity index (χ4n) is 5.71. The number of rotatable bonds is 7. The Hall–Kier alpha value is -1.44. The highest BCUT2D eigenvalue weighted by Crippen LogP contribution is 2.50. The van der Waals surface area contributed by atoms with Gasteiger partial charge in [0.15, 0.2) is 0 Å². The van der Waals surface area contributed by atoms with E-state index in [0.717, 1.165) is 71.4 Å². The Morgan fingerprint density at radius 1 is 1.27 bits per heavy atom. The van der Waals surface area contributed by atoms with Gasteiger partial charge in [-0.15, -0.1) is 0 Å². The Kier molecular flexibility index (Phi) is 6.51. The van der Waals surface area contributed by atoms with Gasteiger partial charge in [-0.2, -0.15) is 5.10 Å². The van der Waals surface area contributed by atoms with Gasteiger partial charge in [0, 0.05) is 37.8 Å². The second-order valence-electron chi connectivity index (χ2n) is 9.82. The van der Waals surface area contributed by atoms with E-state index in [1.54, 1.807) is 0 Å². The molecule has 0 radical (unpaired) electrons. The molecule has 168 valence electrons. The molecule has 7 heteroatoms. The molecule has 30 heavy (non-hydrogen) atoms. The molecule has 7 nitrogen and oxygen atoms in total. The first-order valence-electron chi connectivity index (χ1n) is 11.8. The molecule has 2 aliphatic heterocycles. The summed E-state index contributed by atoms with van der Waals surface area (Å²) in [6, 6.07) is 0.314. The van der Waals surface area contributed by atoms with Crippen LogP contribution in [0.3, 0.4) is 0 Å². The molecule has 4 rings (SSSR count). The number of carbonyl (C=O) groups excluding carboxylic acids is 1. The average Bonchev–Trinajstić information content (AvgIpc) is 3.25. The first kappa shape index (κ1) is 21.8. The van der Waals surface area contributed by atoms with E-state index in [1.807, 2.05) is 7.05 Å². The van der Waals surface area contributed by atoms with Crippen LogP contribution in [0.1, 0.15) is 68.8 Å². The van der Waals surface area contributed by atoms with E-state index in [4.69, 9.17) is 9.84 Å². The minimum absolute atomic E-state index is 0.103. The second kappa shape index (κ2) is 8.97. The topological polar surface area (TPSA) is 62.6 Å². The smallest absolute Gasteiger partial charge is 0.229 e. The third-order valence-electron chi connectivity index (χ3n) is 7.54. The standard InChI is InChI=1S/C23H39N5O2/c1-17(2)27-11-9-23(22(27)29)7-5-18(6-8-23)21-19(15-26(4)12-10-24-3)25-28-13-14-30-16-20(21)28/h17-18,24H,5-16H2,1-4H3. The zero-order chi connectivity index (χ0) is 21.3. The van der Waals surface area contributed by atoms with Gasteiger partial charge in [-0.05, 0) is 66.0 Å². The van der Waals surface area contributed by atoms with Crippen LogP contribution in [0.15, 0.2) is 0 Å². The van der Waals surface area contributed by atoms with E-state index in [-0.39, 0.29) is 5.41 Å². The molecule has 1 aliphatic carbocycles. The first-order chi connectivity index (χ1) is 14.4. The number of nitrogens with one attached hydrogen (secondary N) is 1. The summed E-state index contributed by atoms with van der Waals surface area (Å²) in [5, 5.41) is 8.24. The molecule has 0 unspecified atom stereocenters. The van der Waals surface area contributed by atoms with Crippen molar-refractivity contribution in [1.82, 2.24) is 24.9 Å². The number of hydrogen-bond donors (Lipinski definition) is 1. The summed E-state index contributed by atoms with van der Waals surface area (Å²) in [4.78, 5) is 17.6. The van der Waals surface area contributed by atoms with Crippen molar-refractivity contribution in [2.24, 2.45) is 5.41 Å². The van der Waals surface area contributed by atoms with Crippen LogP contribution in [0.5, 0.6) is 0 Å². The number of likely N-dealkylation sites (tertiary alicyclic amines) is 1. The zero-order valence-electron chi connectivity index (χ0n) is 19.2.